The minimum absolute atomic E-state index is 0.641. The maximum absolute atomic E-state index is 5.30. The van der Waals surface area contributed by atoms with Crippen molar-refractivity contribution in [1.82, 2.24) is 5.32 Å². The van der Waals surface area contributed by atoms with Crippen LogP contribution in [0.2, 0.25) is 0 Å². The Morgan fingerprint density at radius 1 is 1.00 bits per heavy atom. The molecule has 0 radical (unpaired) electrons. The predicted octanol–water partition coefficient (Wildman–Crippen LogP) is 1.86. The number of hydrogen-bond donors (Lipinski definition) is 1. The number of ether oxygens (including phenoxy) is 3. The first kappa shape index (κ1) is 13.6. The molecule has 96 valence electrons. The zero-order valence-electron chi connectivity index (χ0n) is 11.0. The molecule has 0 saturated carbocycles. The van der Waals surface area contributed by atoms with E-state index in [0.29, 0.717) is 17.2 Å². The number of nitrogens with one attached hydrogen (secondary N) is 1. The fourth-order valence-corrected chi connectivity index (χ4v) is 1.69. The molecule has 0 aliphatic heterocycles. The van der Waals surface area contributed by atoms with E-state index >= 15 is 0 Å². The molecule has 17 heavy (non-hydrogen) atoms. The summed E-state index contributed by atoms with van der Waals surface area (Å²) in [6.45, 7) is 4.01. The summed E-state index contributed by atoms with van der Waals surface area (Å²) in [4.78, 5) is 0. The van der Waals surface area contributed by atoms with Gasteiger partial charge in [0.2, 0.25) is 5.75 Å². The molecule has 0 bridgehead atoms. The van der Waals surface area contributed by atoms with Crippen LogP contribution in [0.15, 0.2) is 12.1 Å². The number of rotatable bonds is 7. The Balaban J connectivity index is 2.92. The average molecular weight is 239 g/mol. The predicted molar refractivity (Wildman–Crippen MR) is 68.3 cm³/mol. The summed E-state index contributed by atoms with van der Waals surface area (Å²) in [6.07, 6.45) is 0.935. The van der Waals surface area contributed by atoms with E-state index in [0.717, 1.165) is 19.5 Å². The Bertz CT molecular complexity index is 328. The van der Waals surface area contributed by atoms with E-state index in [-0.39, 0.29) is 0 Å². The van der Waals surface area contributed by atoms with E-state index in [1.165, 1.54) is 5.56 Å². The summed E-state index contributed by atoms with van der Waals surface area (Å²) in [5.74, 6) is 2.05. The summed E-state index contributed by atoms with van der Waals surface area (Å²) < 4.78 is 15.9. The Labute approximate surface area is 103 Å². The highest BCUT2D eigenvalue weighted by atomic mass is 16.5. The van der Waals surface area contributed by atoms with Crippen molar-refractivity contribution in [3.8, 4) is 17.2 Å². The van der Waals surface area contributed by atoms with Crippen molar-refractivity contribution in [2.45, 2.75) is 13.3 Å². The molecular weight excluding hydrogens is 218 g/mol. The molecule has 0 amide bonds. The third-order valence-corrected chi connectivity index (χ3v) is 2.56. The smallest absolute Gasteiger partial charge is 0.203 e. The SMILES string of the molecule is CCNCCc1cc(OC)c(OC)c(OC)c1. The van der Waals surface area contributed by atoms with Crippen molar-refractivity contribution < 1.29 is 14.2 Å². The molecule has 0 aliphatic rings. The standard InChI is InChI=1S/C13H21NO3/c1-5-14-7-6-10-8-11(15-2)13(17-4)12(9-10)16-3/h8-9,14H,5-7H2,1-4H3. The van der Waals surface area contributed by atoms with Crippen LogP contribution in [0, 0.1) is 0 Å². The van der Waals surface area contributed by atoms with Crippen molar-refractivity contribution in [2.75, 3.05) is 34.4 Å². The van der Waals surface area contributed by atoms with E-state index in [1.54, 1.807) is 21.3 Å². The van der Waals surface area contributed by atoms with Crippen LogP contribution in [-0.4, -0.2) is 34.4 Å². The number of hydrogen-bond acceptors (Lipinski definition) is 4. The van der Waals surface area contributed by atoms with Gasteiger partial charge in [-0.3, -0.25) is 0 Å². The maximum Gasteiger partial charge on any atom is 0.203 e. The third kappa shape index (κ3) is 3.53. The van der Waals surface area contributed by atoms with Crippen LogP contribution < -0.4 is 19.5 Å². The lowest BCUT2D eigenvalue weighted by Crippen LogP contribution is -2.16. The molecule has 1 aromatic carbocycles. The van der Waals surface area contributed by atoms with E-state index < -0.39 is 0 Å². The molecule has 0 heterocycles. The van der Waals surface area contributed by atoms with Crippen molar-refractivity contribution in [2.24, 2.45) is 0 Å². The van der Waals surface area contributed by atoms with Crippen LogP contribution in [0.25, 0.3) is 0 Å². The minimum atomic E-state index is 0.641. The van der Waals surface area contributed by atoms with Crippen LogP contribution in [0.4, 0.5) is 0 Å². The first-order valence-electron chi connectivity index (χ1n) is 5.76. The zero-order chi connectivity index (χ0) is 12.7. The summed E-state index contributed by atoms with van der Waals surface area (Å²) in [5, 5.41) is 3.29. The second kappa shape index (κ2) is 7.01. The largest absolute Gasteiger partial charge is 0.493 e. The topological polar surface area (TPSA) is 39.7 Å². The van der Waals surface area contributed by atoms with E-state index in [4.69, 9.17) is 14.2 Å². The van der Waals surface area contributed by atoms with Crippen molar-refractivity contribution >= 4 is 0 Å². The van der Waals surface area contributed by atoms with Crippen molar-refractivity contribution in [1.29, 1.82) is 0 Å². The van der Waals surface area contributed by atoms with Gasteiger partial charge >= 0.3 is 0 Å². The molecule has 0 unspecified atom stereocenters. The summed E-state index contributed by atoms with van der Waals surface area (Å²) >= 11 is 0. The van der Waals surface area contributed by atoms with Crippen molar-refractivity contribution in [3.63, 3.8) is 0 Å². The second-order valence-corrected chi connectivity index (χ2v) is 3.64. The van der Waals surface area contributed by atoms with Crippen molar-refractivity contribution in [3.05, 3.63) is 17.7 Å². The van der Waals surface area contributed by atoms with Gasteiger partial charge in [0.05, 0.1) is 21.3 Å². The molecule has 4 heteroatoms. The summed E-state index contributed by atoms with van der Waals surface area (Å²) in [7, 11) is 4.87. The highest BCUT2D eigenvalue weighted by Crippen LogP contribution is 2.38. The molecule has 1 rings (SSSR count). The van der Waals surface area contributed by atoms with E-state index in [9.17, 15) is 0 Å². The molecule has 0 fully saturated rings. The minimum Gasteiger partial charge on any atom is -0.493 e. The molecule has 0 aromatic heterocycles. The quantitative estimate of drug-likeness (QED) is 0.737. The van der Waals surface area contributed by atoms with Gasteiger partial charge in [-0.05, 0) is 37.2 Å². The van der Waals surface area contributed by atoms with Crippen LogP contribution in [-0.2, 0) is 6.42 Å². The van der Waals surface area contributed by atoms with Gasteiger partial charge in [-0.15, -0.1) is 0 Å². The molecular formula is C13H21NO3. The molecule has 1 aromatic rings. The monoisotopic (exact) mass is 239 g/mol. The first-order valence-corrected chi connectivity index (χ1v) is 5.76. The summed E-state index contributed by atoms with van der Waals surface area (Å²) in [6, 6.07) is 3.97. The summed E-state index contributed by atoms with van der Waals surface area (Å²) in [5.41, 5.74) is 1.17. The van der Waals surface area contributed by atoms with E-state index in [2.05, 4.69) is 12.2 Å². The Kier molecular flexibility index (Phi) is 5.63. The number of benzene rings is 1. The third-order valence-electron chi connectivity index (χ3n) is 2.56. The lowest BCUT2D eigenvalue weighted by molar-refractivity contribution is 0.324. The van der Waals surface area contributed by atoms with Gasteiger partial charge in [-0.2, -0.15) is 0 Å². The van der Waals surface area contributed by atoms with Gasteiger partial charge in [0.1, 0.15) is 0 Å². The lowest BCUT2D eigenvalue weighted by Gasteiger charge is -2.14. The zero-order valence-corrected chi connectivity index (χ0v) is 11.0. The Morgan fingerprint density at radius 3 is 2.00 bits per heavy atom. The molecule has 4 nitrogen and oxygen atoms in total. The number of likely N-dealkylation sites (N-methyl/N-ethyl adjacent to an activating group) is 1. The van der Waals surface area contributed by atoms with Gasteiger partial charge in [-0.1, -0.05) is 6.92 Å². The van der Waals surface area contributed by atoms with Crippen LogP contribution in [0.5, 0.6) is 17.2 Å². The Morgan fingerprint density at radius 2 is 1.59 bits per heavy atom. The molecule has 0 spiro atoms. The molecule has 0 aliphatic carbocycles. The molecule has 0 atom stereocenters. The van der Waals surface area contributed by atoms with E-state index in [1.807, 2.05) is 12.1 Å². The lowest BCUT2D eigenvalue weighted by atomic mass is 10.1. The van der Waals surface area contributed by atoms with Gasteiger partial charge in [0, 0.05) is 0 Å². The first-order chi connectivity index (χ1) is 8.26. The second-order valence-electron chi connectivity index (χ2n) is 3.64. The van der Waals surface area contributed by atoms with Crippen LogP contribution in [0.1, 0.15) is 12.5 Å². The normalized spacial score (nSPS) is 10.1. The fourth-order valence-electron chi connectivity index (χ4n) is 1.69. The fraction of sp³-hybridized carbons (Fsp3) is 0.538. The average Bonchev–Trinajstić information content (AvgIpc) is 2.37. The number of methoxy groups -OCH3 is 3. The van der Waals surface area contributed by atoms with Crippen LogP contribution in [0.3, 0.4) is 0 Å². The highest BCUT2D eigenvalue weighted by Gasteiger charge is 2.12. The van der Waals surface area contributed by atoms with Gasteiger partial charge in [-0.25, -0.2) is 0 Å². The molecule has 0 saturated heterocycles. The molecule has 1 N–H and O–H groups in total. The Hall–Kier alpha value is -1.42. The highest BCUT2D eigenvalue weighted by molar-refractivity contribution is 5.53. The van der Waals surface area contributed by atoms with Gasteiger partial charge in [0.15, 0.2) is 11.5 Å². The maximum atomic E-state index is 5.30. The van der Waals surface area contributed by atoms with Gasteiger partial charge in [0.25, 0.3) is 0 Å². The van der Waals surface area contributed by atoms with Gasteiger partial charge < -0.3 is 19.5 Å². The van der Waals surface area contributed by atoms with Crippen LogP contribution >= 0.6 is 0 Å².